The first kappa shape index (κ1) is 12.4. The van der Waals surface area contributed by atoms with Crippen molar-refractivity contribution in [2.24, 2.45) is 0 Å². The number of aromatic nitrogens is 2. The molecule has 0 aromatic carbocycles. The highest BCUT2D eigenvalue weighted by atomic mass is 35.5. The third-order valence-corrected chi connectivity index (χ3v) is 2.88. The zero-order chi connectivity index (χ0) is 12.7. The van der Waals surface area contributed by atoms with Crippen LogP contribution in [0, 0.1) is 0 Å². The van der Waals surface area contributed by atoms with Gasteiger partial charge in [0.25, 0.3) is 0 Å². The van der Waals surface area contributed by atoms with E-state index < -0.39 is 17.8 Å². The summed E-state index contributed by atoms with van der Waals surface area (Å²) in [7, 11) is 0. The number of aliphatic hydroxyl groups is 1. The second-order valence-electron chi connectivity index (χ2n) is 4.02. The van der Waals surface area contributed by atoms with Crippen LogP contribution in [0.4, 0.5) is 19.0 Å². The highest BCUT2D eigenvalue weighted by Gasteiger charge is 2.61. The van der Waals surface area contributed by atoms with E-state index in [0.717, 1.165) is 0 Å². The first-order valence-corrected chi connectivity index (χ1v) is 5.23. The van der Waals surface area contributed by atoms with Gasteiger partial charge in [0.2, 0.25) is 0 Å². The topological polar surface area (TPSA) is 58.0 Å². The third kappa shape index (κ3) is 2.44. The maximum absolute atomic E-state index is 12.3. The predicted octanol–water partition coefficient (Wildman–Crippen LogP) is 2.00. The largest absolute Gasteiger partial charge is 0.417 e. The fourth-order valence-corrected chi connectivity index (χ4v) is 1.79. The molecule has 0 bridgehead atoms. The van der Waals surface area contributed by atoms with Crippen molar-refractivity contribution in [1.29, 1.82) is 0 Å². The van der Waals surface area contributed by atoms with Crippen molar-refractivity contribution in [1.82, 2.24) is 10.2 Å². The first-order valence-electron chi connectivity index (χ1n) is 4.85. The Morgan fingerprint density at radius 3 is 2.47 bits per heavy atom. The molecule has 1 heterocycles. The molecule has 1 fully saturated rings. The van der Waals surface area contributed by atoms with Crippen molar-refractivity contribution in [3.05, 3.63) is 17.3 Å². The van der Waals surface area contributed by atoms with Crippen LogP contribution < -0.4 is 5.32 Å². The van der Waals surface area contributed by atoms with Gasteiger partial charge in [-0.15, -0.1) is 10.2 Å². The Morgan fingerprint density at radius 2 is 2.00 bits per heavy atom. The van der Waals surface area contributed by atoms with Crippen LogP contribution in [0.5, 0.6) is 0 Å². The number of alkyl halides is 3. The molecule has 1 saturated carbocycles. The van der Waals surface area contributed by atoms with Gasteiger partial charge in [-0.1, -0.05) is 11.6 Å². The maximum atomic E-state index is 12.3. The van der Waals surface area contributed by atoms with E-state index in [0.29, 0.717) is 5.82 Å². The van der Waals surface area contributed by atoms with E-state index in [9.17, 15) is 18.3 Å². The third-order valence-electron chi connectivity index (χ3n) is 2.68. The standard InChI is InChI=1S/C9H9ClF3N3O/c10-6-1-2-7(16-15-6)14-5-3-8(17,4-5)9(11,12)13/h1-2,5,17H,3-4H2,(H,14,16). The zero-order valence-electron chi connectivity index (χ0n) is 8.50. The fourth-order valence-electron chi connectivity index (χ4n) is 1.69. The van der Waals surface area contributed by atoms with Crippen molar-refractivity contribution >= 4 is 17.4 Å². The van der Waals surface area contributed by atoms with Gasteiger partial charge >= 0.3 is 6.18 Å². The summed E-state index contributed by atoms with van der Waals surface area (Å²) in [6.07, 6.45) is -5.36. The number of halogens is 4. The number of nitrogens with zero attached hydrogens (tertiary/aromatic N) is 2. The molecule has 1 aliphatic carbocycles. The van der Waals surface area contributed by atoms with E-state index in [1.807, 2.05) is 0 Å². The molecule has 0 aliphatic heterocycles. The van der Waals surface area contributed by atoms with Gasteiger partial charge in [0.05, 0.1) is 0 Å². The summed E-state index contributed by atoms with van der Waals surface area (Å²) < 4.78 is 37.0. The number of hydrogen-bond donors (Lipinski definition) is 2. The Bertz CT molecular complexity index is 403. The lowest BCUT2D eigenvalue weighted by atomic mass is 9.75. The average Bonchev–Trinajstić information content (AvgIpc) is 2.17. The molecule has 2 N–H and O–H groups in total. The fraction of sp³-hybridized carbons (Fsp3) is 0.556. The van der Waals surface area contributed by atoms with E-state index in [2.05, 4.69) is 15.5 Å². The van der Waals surface area contributed by atoms with Crippen LogP contribution in [-0.2, 0) is 0 Å². The Kier molecular flexibility index (Phi) is 2.90. The highest BCUT2D eigenvalue weighted by Crippen LogP contribution is 2.45. The minimum absolute atomic E-state index is 0.205. The maximum Gasteiger partial charge on any atom is 0.417 e. The van der Waals surface area contributed by atoms with E-state index >= 15 is 0 Å². The quantitative estimate of drug-likeness (QED) is 0.860. The molecule has 94 valence electrons. The summed E-state index contributed by atoms with van der Waals surface area (Å²) in [6, 6.07) is 2.53. The minimum Gasteiger partial charge on any atom is -0.380 e. The Morgan fingerprint density at radius 1 is 1.35 bits per heavy atom. The van der Waals surface area contributed by atoms with Crippen LogP contribution >= 0.6 is 11.6 Å². The molecule has 2 rings (SSSR count). The van der Waals surface area contributed by atoms with Crippen LogP contribution in [-0.4, -0.2) is 33.1 Å². The molecular weight excluding hydrogens is 259 g/mol. The number of rotatable bonds is 2. The molecule has 0 radical (unpaired) electrons. The van der Waals surface area contributed by atoms with Gasteiger partial charge in [0.1, 0.15) is 5.82 Å². The molecule has 17 heavy (non-hydrogen) atoms. The second kappa shape index (κ2) is 3.99. The van der Waals surface area contributed by atoms with E-state index in [1.54, 1.807) is 0 Å². The molecule has 4 nitrogen and oxygen atoms in total. The van der Waals surface area contributed by atoms with Gasteiger partial charge in [0.15, 0.2) is 10.8 Å². The average molecular weight is 268 g/mol. The zero-order valence-corrected chi connectivity index (χ0v) is 9.26. The summed E-state index contributed by atoms with van der Waals surface area (Å²) in [5.74, 6) is 0.337. The van der Waals surface area contributed by atoms with Gasteiger partial charge in [-0.25, -0.2) is 0 Å². The lowest BCUT2D eigenvalue weighted by molar-refractivity contribution is -0.288. The smallest absolute Gasteiger partial charge is 0.380 e. The molecule has 0 saturated heterocycles. The number of hydrogen-bond acceptors (Lipinski definition) is 4. The monoisotopic (exact) mass is 267 g/mol. The normalized spacial score (nSPS) is 28.6. The van der Waals surface area contributed by atoms with Gasteiger partial charge in [-0.05, 0) is 12.1 Å². The molecule has 0 unspecified atom stereocenters. The van der Waals surface area contributed by atoms with Crippen LogP contribution in [0.3, 0.4) is 0 Å². The molecule has 8 heteroatoms. The second-order valence-corrected chi connectivity index (χ2v) is 4.41. The van der Waals surface area contributed by atoms with Crippen LogP contribution in [0.25, 0.3) is 0 Å². The molecule has 1 aromatic rings. The SMILES string of the molecule is OC1(C(F)(F)F)CC(Nc2ccc(Cl)nn2)C1. The predicted molar refractivity (Wildman–Crippen MR) is 54.7 cm³/mol. The Balaban J connectivity index is 1.91. The van der Waals surface area contributed by atoms with Gasteiger partial charge in [0, 0.05) is 18.9 Å². The Labute approximate surface area is 99.8 Å². The first-order chi connectivity index (χ1) is 7.80. The van der Waals surface area contributed by atoms with Crippen molar-refractivity contribution in [2.75, 3.05) is 5.32 Å². The summed E-state index contributed by atoms with van der Waals surface area (Å²) in [6.45, 7) is 0. The van der Waals surface area contributed by atoms with Gasteiger partial charge in [-0.2, -0.15) is 13.2 Å². The molecule has 0 spiro atoms. The Hall–Kier alpha value is -1.08. The van der Waals surface area contributed by atoms with E-state index in [1.165, 1.54) is 12.1 Å². The summed E-state index contributed by atoms with van der Waals surface area (Å²) in [5.41, 5.74) is -2.58. The van der Waals surface area contributed by atoms with E-state index in [-0.39, 0.29) is 18.0 Å². The summed E-state index contributed by atoms with van der Waals surface area (Å²) >= 11 is 5.51. The summed E-state index contributed by atoms with van der Waals surface area (Å²) in [4.78, 5) is 0. The van der Waals surface area contributed by atoms with E-state index in [4.69, 9.17) is 11.6 Å². The van der Waals surface area contributed by atoms with Crippen molar-refractivity contribution in [3.63, 3.8) is 0 Å². The lowest BCUT2D eigenvalue weighted by Gasteiger charge is -2.44. The van der Waals surface area contributed by atoms with Crippen molar-refractivity contribution in [2.45, 2.75) is 30.7 Å². The minimum atomic E-state index is -4.59. The number of nitrogens with one attached hydrogen (secondary N) is 1. The van der Waals surface area contributed by atoms with Crippen LogP contribution in [0.1, 0.15) is 12.8 Å². The van der Waals surface area contributed by atoms with Gasteiger partial charge < -0.3 is 10.4 Å². The molecular formula is C9H9ClF3N3O. The lowest BCUT2D eigenvalue weighted by Crippen LogP contribution is -2.59. The van der Waals surface area contributed by atoms with Crippen molar-refractivity contribution < 1.29 is 18.3 Å². The van der Waals surface area contributed by atoms with Crippen LogP contribution in [0.15, 0.2) is 12.1 Å². The molecule has 1 aliphatic rings. The van der Waals surface area contributed by atoms with Crippen LogP contribution in [0.2, 0.25) is 5.15 Å². The summed E-state index contributed by atoms with van der Waals surface area (Å²) in [5, 5.41) is 19.4. The number of anilines is 1. The highest BCUT2D eigenvalue weighted by molar-refractivity contribution is 6.29. The van der Waals surface area contributed by atoms with Gasteiger partial charge in [-0.3, -0.25) is 0 Å². The molecule has 0 atom stereocenters. The molecule has 0 amide bonds. The molecule has 1 aromatic heterocycles. The van der Waals surface area contributed by atoms with Crippen molar-refractivity contribution in [3.8, 4) is 0 Å².